The largest absolute Gasteiger partial charge is 0.379 e. The highest BCUT2D eigenvalue weighted by Crippen LogP contribution is 2.32. The Kier molecular flexibility index (Phi) is 8.01. The molecule has 10 heteroatoms. The minimum Gasteiger partial charge on any atom is -0.379 e. The van der Waals surface area contributed by atoms with E-state index < -0.39 is 0 Å². The van der Waals surface area contributed by atoms with E-state index in [0.717, 1.165) is 13.1 Å². The molecule has 7 nitrogen and oxygen atoms in total. The minimum absolute atomic E-state index is 0.131. The van der Waals surface area contributed by atoms with Crippen molar-refractivity contribution in [3.63, 3.8) is 0 Å². The molecule has 0 aromatic heterocycles. The summed E-state index contributed by atoms with van der Waals surface area (Å²) in [5, 5.41) is 3.80. The van der Waals surface area contributed by atoms with Gasteiger partial charge in [0, 0.05) is 39.3 Å². The number of halogens is 3. The third-order valence-electron chi connectivity index (χ3n) is 5.32. The molecule has 1 atom stereocenters. The van der Waals surface area contributed by atoms with Gasteiger partial charge in [0.25, 0.3) is 0 Å². The number of hydrogen-bond donors (Lipinski definition) is 1. The summed E-state index contributed by atoms with van der Waals surface area (Å²) in [5.74, 6) is -0.0513. The Hall–Kier alpha value is -1.09. The van der Waals surface area contributed by atoms with Crippen LogP contribution in [0.1, 0.15) is 6.92 Å². The van der Waals surface area contributed by atoms with Gasteiger partial charge in [-0.05, 0) is 19.1 Å². The van der Waals surface area contributed by atoms with E-state index in [2.05, 4.69) is 15.1 Å². The Morgan fingerprint density at radius 1 is 1.00 bits per heavy atom. The van der Waals surface area contributed by atoms with Crippen molar-refractivity contribution in [3.05, 3.63) is 27.2 Å². The van der Waals surface area contributed by atoms with E-state index >= 15 is 0 Å². The van der Waals surface area contributed by atoms with Gasteiger partial charge in [-0.1, -0.05) is 34.8 Å². The summed E-state index contributed by atoms with van der Waals surface area (Å²) in [6.07, 6.45) is 0. The number of benzene rings is 1. The zero-order valence-electron chi connectivity index (χ0n) is 16.3. The molecular formula is C19H25Cl3N4O3. The topological polar surface area (TPSA) is 65.1 Å². The molecule has 3 rings (SSSR count). The fourth-order valence-corrected chi connectivity index (χ4v) is 4.02. The van der Waals surface area contributed by atoms with Gasteiger partial charge in [-0.2, -0.15) is 0 Å². The highest BCUT2D eigenvalue weighted by Gasteiger charge is 2.28. The molecule has 0 saturated carbocycles. The second-order valence-corrected chi connectivity index (χ2v) is 8.44. The molecule has 0 bridgehead atoms. The third-order valence-corrected chi connectivity index (χ3v) is 6.36. The molecule has 2 heterocycles. The molecule has 0 spiro atoms. The van der Waals surface area contributed by atoms with Gasteiger partial charge in [0.2, 0.25) is 11.8 Å². The van der Waals surface area contributed by atoms with Crippen LogP contribution in [0.2, 0.25) is 15.1 Å². The highest BCUT2D eigenvalue weighted by molar-refractivity contribution is 6.44. The van der Waals surface area contributed by atoms with Crippen molar-refractivity contribution in [2.24, 2.45) is 0 Å². The summed E-state index contributed by atoms with van der Waals surface area (Å²) < 4.78 is 5.32. The van der Waals surface area contributed by atoms with Crippen LogP contribution in [0.25, 0.3) is 0 Å². The average Bonchev–Trinajstić information content (AvgIpc) is 2.72. The van der Waals surface area contributed by atoms with Crippen molar-refractivity contribution in [3.8, 4) is 0 Å². The average molecular weight is 464 g/mol. The predicted octanol–water partition coefficient (Wildman–Crippen LogP) is 2.45. The number of amides is 2. The first kappa shape index (κ1) is 22.6. The molecule has 0 radical (unpaired) electrons. The van der Waals surface area contributed by atoms with Gasteiger partial charge >= 0.3 is 0 Å². The van der Waals surface area contributed by atoms with Gasteiger partial charge < -0.3 is 15.0 Å². The molecule has 1 aromatic rings. The number of hydrogen-bond acceptors (Lipinski definition) is 5. The number of morpholine rings is 1. The van der Waals surface area contributed by atoms with Gasteiger partial charge in [0.05, 0.1) is 46.6 Å². The van der Waals surface area contributed by atoms with E-state index in [1.165, 1.54) is 6.07 Å². The fraction of sp³-hybridized carbons (Fsp3) is 0.579. The second-order valence-electron chi connectivity index (χ2n) is 7.22. The van der Waals surface area contributed by atoms with Crippen molar-refractivity contribution in [2.75, 3.05) is 64.3 Å². The number of anilines is 1. The summed E-state index contributed by atoms with van der Waals surface area (Å²) in [7, 11) is 0. The third kappa shape index (κ3) is 5.96. The molecule has 1 unspecified atom stereocenters. The SMILES string of the molecule is CC(C(=O)Nc1cc(Cl)c(Cl)cc1Cl)N1CCN(C(=O)CN2CCOCC2)CC1. The maximum absolute atomic E-state index is 12.7. The van der Waals surface area contributed by atoms with E-state index in [4.69, 9.17) is 39.5 Å². The molecule has 2 fully saturated rings. The van der Waals surface area contributed by atoms with Crippen LogP contribution in [-0.4, -0.2) is 91.6 Å². The molecule has 0 aliphatic carbocycles. The van der Waals surface area contributed by atoms with E-state index in [1.54, 1.807) is 6.07 Å². The summed E-state index contributed by atoms with van der Waals surface area (Å²) >= 11 is 18.1. The first-order chi connectivity index (χ1) is 13.8. The minimum atomic E-state index is -0.364. The Labute approximate surface area is 185 Å². The van der Waals surface area contributed by atoms with Crippen LogP contribution in [0.4, 0.5) is 5.69 Å². The normalized spacial score (nSPS) is 19.8. The number of ether oxygens (including phenoxy) is 1. The van der Waals surface area contributed by atoms with Gasteiger partial charge in [-0.3, -0.25) is 19.4 Å². The number of nitrogens with zero attached hydrogens (tertiary/aromatic N) is 3. The van der Waals surface area contributed by atoms with Crippen LogP contribution in [0, 0.1) is 0 Å². The lowest BCUT2D eigenvalue weighted by atomic mass is 10.2. The molecule has 1 aromatic carbocycles. The van der Waals surface area contributed by atoms with Crippen LogP contribution in [0.3, 0.4) is 0 Å². The first-order valence-corrected chi connectivity index (χ1v) is 10.8. The Morgan fingerprint density at radius 2 is 1.62 bits per heavy atom. The molecule has 29 heavy (non-hydrogen) atoms. The van der Waals surface area contributed by atoms with Crippen LogP contribution in [0.15, 0.2) is 12.1 Å². The molecular weight excluding hydrogens is 439 g/mol. The second kappa shape index (κ2) is 10.3. The smallest absolute Gasteiger partial charge is 0.241 e. The monoisotopic (exact) mass is 462 g/mol. The molecule has 1 N–H and O–H groups in total. The lowest BCUT2D eigenvalue weighted by Gasteiger charge is -2.38. The zero-order valence-corrected chi connectivity index (χ0v) is 18.6. The molecule has 2 saturated heterocycles. The van der Waals surface area contributed by atoms with Gasteiger partial charge in [-0.15, -0.1) is 0 Å². The number of carbonyl (C=O) groups excluding carboxylic acids is 2. The van der Waals surface area contributed by atoms with E-state index in [9.17, 15) is 9.59 Å². The van der Waals surface area contributed by atoms with Crippen LogP contribution in [0.5, 0.6) is 0 Å². The van der Waals surface area contributed by atoms with Gasteiger partial charge in [-0.25, -0.2) is 0 Å². The Bertz CT molecular complexity index is 750. The van der Waals surface area contributed by atoms with Crippen LogP contribution >= 0.6 is 34.8 Å². The summed E-state index contributed by atoms with van der Waals surface area (Å²) in [6, 6.07) is 2.68. The molecule has 2 amide bonds. The lowest BCUT2D eigenvalue weighted by molar-refractivity contribution is -0.135. The Balaban J connectivity index is 1.49. The first-order valence-electron chi connectivity index (χ1n) is 9.62. The van der Waals surface area contributed by atoms with Crippen LogP contribution < -0.4 is 5.32 Å². The predicted molar refractivity (Wildman–Crippen MR) is 115 cm³/mol. The number of carbonyl (C=O) groups is 2. The standard InChI is InChI=1S/C19H25Cl3N4O3/c1-13(19(28)23-17-11-15(21)14(20)10-16(17)22)25-2-4-26(5-3-25)18(27)12-24-6-8-29-9-7-24/h10-11,13H,2-9,12H2,1H3,(H,23,28). The summed E-state index contributed by atoms with van der Waals surface area (Å²) in [5.41, 5.74) is 0.428. The quantitative estimate of drug-likeness (QED) is 0.680. The molecule has 2 aliphatic heterocycles. The number of rotatable bonds is 5. The molecule has 160 valence electrons. The maximum Gasteiger partial charge on any atom is 0.241 e. The summed E-state index contributed by atoms with van der Waals surface area (Å²) in [6.45, 7) is 7.69. The molecule has 2 aliphatic rings. The zero-order chi connectivity index (χ0) is 21.0. The van der Waals surface area contributed by atoms with Crippen molar-refractivity contribution in [1.82, 2.24) is 14.7 Å². The van der Waals surface area contributed by atoms with Crippen molar-refractivity contribution >= 4 is 52.3 Å². The van der Waals surface area contributed by atoms with Crippen LogP contribution in [-0.2, 0) is 14.3 Å². The van der Waals surface area contributed by atoms with E-state index in [-0.39, 0.29) is 17.9 Å². The van der Waals surface area contributed by atoms with Crippen molar-refractivity contribution in [2.45, 2.75) is 13.0 Å². The number of nitrogens with one attached hydrogen (secondary N) is 1. The van der Waals surface area contributed by atoms with Gasteiger partial charge in [0.1, 0.15) is 0 Å². The fourth-order valence-electron chi connectivity index (χ4n) is 3.43. The highest BCUT2D eigenvalue weighted by atomic mass is 35.5. The van der Waals surface area contributed by atoms with E-state index in [0.29, 0.717) is 66.7 Å². The lowest BCUT2D eigenvalue weighted by Crippen LogP contribution is -2.55. The summed E-state index contributed by atoms with van der Waals surface area (Å²) in [4.78, 5) is 31.2. The van der Waals surface area contributed by atoms with Gasteiger partial charge in [0.15, 0.2) is 0 Å². The Morgan fingerprint density at radius 3 is 2.28 bits per heavy atom. The van der Waals surface area contributed by atoms with Crippen molar-refractivity contribution in [1.29, 1.82) is 0 Å². The number of piperazine rings is 1. The maximum atomic E-state index is 12.7. The van der Waals surface area contributed by atoms with Crippen molar-refractivity contribution < 1.29 is 14.3 Å². The van der Waals surface area contributed by atoms with E-state index in [1.807, 2.05) is 11.8 Å².